The SMILES string of the molecule is Cc1ccc(N(C)c2ncnc3c(OCCOCCO)cc(-c4ccc(F)cc4)cc23)nn1. The molecular weight excluding hydrogens is 425 g/mol. The van der Waals surface area contributed by atoms with Gasteiger partial charge in [-0.2, -0.15) is 5.10 Å². The highest BCUT2D eigenvalue weighted by Gasteiger charge is 2.17. The Balaban J connectivity index is 1.78. The minimum absolute atomic E-state index is 0.0478. The maximum atomic E-state index is 13.5. The summed E-state index contributed by atoms with van der Waals surface area (Å²) < 4.78 is 24.8. The smallest absolute Gasteiger partial charge is 0.156 e. The fourth-order valence-corrected chi connectivity index (χ4v) is 3.37. The first kappa shape index (κ1) is 22.5. The van der Waals surface area contributed by atoms with Crippen LogP contribution in [-0.4, -0.2) is 58.7 Å². The Bertz CT molecular complexity index is 1220. The van der Waals surface area contributed by atoms with Gasteiger partial charge in [0.1, 0.15) is 35.8 Å². The number of aliphatic hydroxyl groups is 1. The number of hydrogen-bond donors (Lipinski definition) is 1. The van der Waals surface area contributed by atoms with Crippen molar-refractivity contribution in [3.05, 3.63) is 66.4 Å². The summed E-state index contributed by atoms with van der Waals surface area (Å²) in [5, 5.41) is 18.0. The van der Waals surface area contributed by atoms with Gasteiger partial charge < -0.3 is 19.5 Å². The summed E-state index contributed by atoms with van der Waals surface area (Å²) in [5.41, 5.74) is 3.10. The number of anilines is 2. The number of fused-ring (bicyclic) bond motifs is 1. The quantitative estimate of drug-likeness (QED) is 0.387. The molecule has 4 aromatic rings. The molecule has 0 saturated carbocycles. The lowest BCUT2D eigenvalue weighted by Crippen LogP contribution is -2.14. The maximum Gasteiger partial charge on any atom is 0.156 e. The molecule has 0 aliphatic rings. The second kappa shape index (κ2) is 10.3. The molecule has 4 rings (SSSR count). The number of halogens is 1. The molecule has 9 heteroatoms. The van der Waals surface area contributed by atoms with Crippen LogP contribution in [0.15, 0.2) is 54.9 Å². The predicted molar refractivity (Wildman–Crippen MR) is 123 cm³/mol. The van der Waals surface area contributed by atoms with Crippen LogP contribution in [0.2, 0.25) is 0 Å². The van der Waals surface area contributed by atoms with Gasteiger partial charge in [0.05, 0.1) is 25.5 Å². The number of ether oxygens (including phenoxy) is 2. The molecule has 0 bridgehead atoms. The molecule has 0 saturated heterocycles. The average Bonchev–Trinajstić information content (AvgIpc) is 2.84. The Kier molecular flexibility index (Phi) is 7.01. The number of rotatable bonds is 9. The van der Waals surface area contributed by atoms with Gasteiger partial charge in [-0.3, -0.25) is 0 Å². The van der Waals surface area contributed by atoms with Crippen molar-refractivity contribution in [1.29, 1.82) is 0 Å². The normalized spacial score (nSPS) is 11.0. The van der Waals surface area contributed by atoms with Crippen LogP contribution in [0.5, 0.6) is 5.75 Å². The van der Waals surface area contributed by atoms with Crippen molar-refractivity contribution in [3.8, 4) is 16.9 Å². The molecule has 0 unspecified atom stereocenters. The lowest BCUT2D eigenvalue weighted by Gasteiger charge is -2.20. The lowest BCUT2D eigenvalue weighted by atomic mass is 10.0. The minimum Gasteiger partial charge on any atom is -0.489 e. The molecule has 0 atom stereocenters. The van der Waals surface area contributed by atoms with E-state index in [1.807, 2.05) is 43.1 Å². The van der Waals surface area contributed by atoms with E-state index < -0.39 is 0 Å². The van der Waals surface area contributed by atoms with E-state index in [2.05, 4.69) is 20.2 Å². The number of benzene rings is 2. The number of nitrogens with zero attached hydrogens (tertiary/aromatic N) is 5. The second-order valence-corrected chi connectivity index (χ2v) is 7.35. The fraction of sp³-hybridized carbons (Fsp3) is 0.250. The molecule has 2 heterocycles. The van der Waals surface area contributed by atoms with E-state index in [9.17, 15) is 4.39 Å². The van der Waals surface area contributed by atoms with Crippen molar-refractivity contribution in [2.45, 2.75) is 6.92 Å². The predicted octanol–water partition coefficient (Wildman–Crippen LogP) is 3.69. The van der Waals surface area contributed by atoms with Gasteiger partial charge >= 0.3 is 0 Å². The zero-order chi connectivity index (χ0) is 23.2. The largest absolute Gasteiger partial charge is 0.489 e. The molecule has 0 radical (unpaired) electrons. The van der Waals surface area contributed by atoms with Crippen molar-refractivity contribution in [2.75, 3.05) is 38.4 Å². The first-order valence-corrected chi connectivity index (χ1v) is 10.5. The highest BCUT2D eigenvalue weighted by Crippen LogP contribution is 2.36. The zero-order valence-corrected chi connectivity index (χ0v) is 18.4. The maximum absolute atomic E-state index is 13.5. The molecule has 8 nitrogen and oxygen atoms in total. The molecule has 0 amide bonds. The summed E-state index contributed by atoms with van der Waals surface area (Å²) >= 11 is 0. The van der Waals surface area contributed by atoms with E-state index >= 15 is 0 Å². The van der Waals surface area contributed by atoms with Crippen molar-refractivity contribution in [2.24, 2.45) is 0 Å². The van der Waals surface area contributed by atoms with Crippen LogP contribution in [0, 0.1) is 12.7 Å². The topological polar surface area (TPSA) is 93.5 Å². The Hall–Kier alpha value is -3.69. The van der Waals surface area contributed by atoms with E-state index in [0.717, 1.165) is 22.2 Å². The average molecular weight is 449 g/mol. The summed E-state index contributed by atoms with van der Waals surface area (Å²) in [6, 6.07) is 13.8. The van der Waals surface area contributed by atoms with Gasteiger partial charge in [-0.15, -0.1) is 5.10 Å². The van der Waals surface area contributed by atoms with E-state index in [4.69, 9.17) is 14.6 Å². The molecule has 2 aromatic carbocycles. The van der Waals surface area contributed by atoms with Gasteiger partial charge in [0, 0.05) is 12.4 Å². The van der Waals surface area contributed by atoms with E-state index in [-0.39, 0.29) is 25.6 Å². The van der Waals surface area contributed by atoms with Crippen molar-refractivity contribution in [3.63, 3.8) is 0 Å². The highest BCUT2D eigenvalue weighted by atomic mass is 19.1. The third-order valence-corrected chi connectivity index (χ3v) is 5.03. The van der Waals surface area contributed by atoms with Crippen LogP contribution in [0.25, 0.3) is 22.0 Å². The van der Waals surface area contributed by atoms with Crippen LogP contribution >= 0.6 is 0 Å². The van der Waals surface area contributed by atoms with Crippen molar-refractivity contribution in [1.82, 2.24) is 20.2 Å². The number of aryl methyl sites for hydroxylation is 1. The Labute approximate surface area is 190 Å². The standard InChI is InChI=1S/C24H24FN5O3/c1-16-3-8-22(29-28-16)30(2)24-20-13-18(17-4-6-19(25)7-5-17)14-21(23(20)26-15-27-24)33-12-11-32-10-9-31/h3-8,13-15,31H,9-12H2,1-2H3. The van der Waals surface area contributed by atoms with Gasteiger partial charge in [-0.1, -0.05) is 12.1 Å². The van der Waals surface area contributed by atoms with Crippen molar-refractivity contribution >= 4 is 22.5 Å². The molecule has 0 fully saturated rings. The fourth-order valence-electron chi connectivity index (χ4n) is 3.37. The zero-order valence-electron chi connectivity index (χ0n) is 18.4. The van der Waals surface area contributed by atoms with Gasteiger partial charge in [-0.25, -0.2) is 14.4 Å². The van der Waals surface area contributed by atoms with Gasteiger partial charge in [0.2, 0.25) is 0 Å². The summed E-state index contributed by atoms with van der Waals surface area (Å²) in [4.78, 5) is 10.8. The molecule has 0 spiro atoms. The molecule has 1 N–H and O–H groups in total. The molecular formula is C24H24FN5O3. The Morgan fingerprint density at radius 1 is 0.939 bits per heavy atom. The van der Waals surface area contributed by atoms with Gasteiger partial charge in [-0.05, 0) is 54.4 Å². The summed E-state index contributed by atoms with van der Waals surface area (Å²) in [7, 11) is 1.86. The van der Waals surface area contributed by atoms with Gasteiger partial charge in [0.15, 0.2) is 5.82 Å². The molecule has 170 valence electrons. The van der Waals surface area contributed by atoms with E-state index in [1.54, 1.807) is 12.1 Å². The van der Waals surface area contributed by atoms with Crippen LogP contribution in [0.1, 0.15) is 5.69 Å². The number of aliphatic hydroxyl groups excluding tert-OH is 1. The lowest BCUT2D eigenvalue weighted by molar-refractivity contribution is 0.0708. The molecule has 33 heavy (non-hydrogen) atoms. The monoisotopic (exact) mass is 449 g/mol. The number of hydrogen-bond acceptors (Lipinski definition) is 8. The van der Waals surface area contributed by atoms with E-state index in [1.165, 1.54) is 18.5 Å². The molecule has 0 aliphatic carbocycles. The first-order chi connectivity index (χ1) is 16.1. The minimum atomic E-state index is -0.307. The third kappa shape index (κ3) is 5.21. The summed E-state index contributed by atoms with van der Waals surface area (Å²) in [5.74, 6) is 1.50. The van der Waals surface area contributed by atoms with Crippen LogP contribution in [0.4, 0.5) is 16.0 Å². The second-order valence-electron chi connectivity index (χ2n) is 7.35. The summed E-state index contributed by atoms with van der Waals surface area (Å²) in [6.07, 6.45) is 1.47. The summed E-state index contributed by atoms with van der Waals surface area (Å²) in [6.45, 7) is 2.67. The van der Waals surface area contributed by atoms with Crippen LogP contribution in [0.3, 0.4) is 0 Å². The van der Waals surface area contributed by atoms with Crippen LogP contribution < -0.4 is 9.64 Å². The van der Waals surface area contributed by atoms with E-state index in [0.29, 0.717) is 29.5 Å². The Morgan fingerprint density at radius 2 is 1.76 bits per heavy atom. The number of aromatic nitrogens is 4. The Morgan fingerprint density at radius 3 is 2.48 bits per heavy atom. The van der Waals surface area contributed by atoms with Gasteiger partial charge in [0.25, 0.3) is 0 Å². The molecule has 0 aliphatic heterocycles. The van der Waals surface area contributed by atoms with Crippen molar-refractivity contribution < 1.29 is 19.0 Å². The molecule has 2 aromatic heterocycles. The van der Waals surface area contributed by atoms with Crippen LogP contribution in [-0.2, 0) is 4.74 Å². The third-order valence-electron chi connectivity index (χ3n) is 5.03. The first-order valence-electron chi connectivity index (χ1n) is 10.5. The highest BCUT2D eigenvalue weighted by molar-refractivity contribution is 5.97.